The first kappa shape index (κ1) is 23.6. The average molecular weight is 473 g/mol. The van der Waals surface area contributed by atoms with Crippen LogP contribution in [0.25, 0.3) is 0 Å². The average Bonchev–Trinajstić information content (AvgIpc) is 2.78. The first-order valence-corrected chi connectivity index (χ1v) is 11.9. The van der Waals surface area contributed by atoms with E-state index >= 15 is 0 Å². The van der Waals surface area contributed by atoms with Crippen LogP contribution in [-0.2, 0) is 21.2 Å². The van der Waals surface area contributed by atoms with E-state index < -0.39 is 22.5 Å². The molecule has 0 atom stereocenters. The van der Waals surface area contributed by atoms with Gasteiger partial charge in [-0.2, -0.15) is 0 Å². The summed E-state index contributed by atoms with van der Waals surface area (Å²) in [5.41, 5.74) is 2.86. The number of anilines is 2. The Hall–Kier alpha value is -3.03. The Morgan fingerprint density at radius 3 is 2.25 bits per heavy atom. The van der Waals surface area contributed by atoms with Crippen molar-refractivity contribution in [3.8, 4) is 5.75 Å². The third-order valence-electron chi connectivity index (χ3n) is 4.96. The maximum Gasteiger partial charge on any atom is 0.264 e. The molecule has 0 aliphatic heterocycles. The molecule has 32 heavy (non-hydrogen) atoms. The van der Waals surface area contributed by atoms with E-state index in [2.05, 4.69) is 5.32 Å². The molecule has 8 heteroatoms. The Kier molecular flexibility index (Phi) is 7.43. The highest BCUT2D eigenvalue weighted by Crippen LogP contribution is 2.28. The minimum Gasteiger partial charge on any atom is -0.495 e. The Morgan fingerprint density at radius 1 is 1.03 bits per heavy atom. The van der Waals surface area contributed by atoms with Crippen LogP contribution in [0, 0.1) is 6.92 Å². The van der Waals surface area contributed by atoms with Crippen molar-refractivity contribution in [2.24, 2.45) is 0 Å². The zero-order valence-corrected chi connectivity index (χ0v) is 19.7. The number of halogens is 1. The summed E-state index contributed by atoms with van der Waals surface area (Å²) in [6.07, 6.45) is 0.823. The van der Waals surface area contributed by atoms with Gasteiger partial charge in [0.05, 0.1) is 22.7 Å². The summed E-state index contributed by atoms with van der Waals surface area (Å²) in [4.78, 5) is 12.9. The molecule has 6 nitrogen and oxygen atoms in total. The standard InChI is InChI=1S/C24H25ClN2O4S/c1-4-18-7-10-20(11-8-18)27(32(29,30)21-12-5-17(2)6-13-21)16-24(28)26-19-9-14-23(31-3)22(25)15-19/h5-15H,4,16H2,1-3H3,(H,26,28). The van der Waals surface area contributed by atoms with Gasteiger partial charge < -0.3 is 10.1 Å². The molecule has 0 aliphatic carbocycles. The minimum absolute atomic E-state index is 0.114. The van der Waals surface area contributed by atoms with Crippen LogP contribution >= 0.6 is 11.6 Å². The first-order valence-electron chi connectivity index (χ1n) is 10.1. The molecule has 1 N–H and O–H groups in total. The second kappa shape index (κ2) is 10.1. The van der Waals surface area contributed by atoms with Crippen LogP contribution in [0.4, 0.5) is 11.4 Å². The maximum atomic E-state index is 13.4. The predicted octanol–water partition coefficient (Wildman–Crippen LogP) is 5.05. The number of nitrogens with one attached hydrogen (secondary N) is 1. The van der Waals surface area contributed by atoms with Crippen molar-refractivity contribution in [3.05, 3.63) is 82.9 Å². The fourth-order valence-electron chi connectivity index (χ4n) is 3.13. The van der Waals surface area contributed by atoms with Crippen molar-refractivity contribution in [3.63, 3.8) is 0 Å². The highest BCUT2D eigenvalue weighted by molar-refractivity contribution is 7.92. The molecule has 0 fully saturated rings. The van der Waals surface area contributed by atoms with E-state index in [1.54, 1.807) is 54.6 Å². The number of carbonyl (C=O) groups excluding carboxylic acids is 1. The predicted molar refractivity (Wildman–Crippen MR) is 128 cm³/mol. The largest absolute Gasteiger partial charge is 0.495 e. The second-order valence-electron chi connectivity index (χ2n) is 7.24. The lowest BCUT2D eigenvalue weighted by atomic mass is 10.1. The van der Waals surface area contributed by atoms with E-state index in [1.165, 1.54) is 7.11 Å². The van der Waals surface area contributed by atoms with Crippen LogP contribution in [0.1, 0.15) is 18.1 Å². The molecule has 0 saturated heterocycles. The summed E-state index contributed by atoms with van der Waals surface area (Å²) in [6.45, 7) is 3.50. The number of ether oxygens (including phenoxy) is 1. The Labute approximate surface area is 193 Å². The number of aryl methyl sites for hydroxylation is 2. The van der Waals surface area contributed by atoms with Gasteiger partial charge in [0.2, 0.25) is 5.91 Å². The molecular weight excluding hydrogens is 448 g/mol. The van der Waals surface area contributed by atoms with Crippen LogP contribution in [-0.4, -0.2) is 28.0 Å². The van der Waals surface area contributed by atoms with Gasteiger partial charge in [-0.3, -0.25) is 9.10 Å². The number of amides is 1. The molecule has 0 unspecified atom stereocenters. The number of hydrogen-bond acceptors (Lipinski definition) is 4. The quantitative estimate of drug-likeness (QED) is 0.497. The summed E-state index contributed by atoms with van der Waals surface area (Å²) < 4.78 is 33.1. The van der Waals surface area contributed by atoms with E-state index in [1.807, 2.05) is 26.0 Å². The summed E-state index contributed by atoms with van der Waals surface area (Å²) in [6, 6.07) is 18.5. The molecular formula is C24H25ClN2O4S. The molecule has 0 aliphatic rings. The van der Waals surface area contributed by atoms with Crippen LogP contribution in [0.5, 0.6) is 5.75 Å². The Bertz CT molecular complexity index is 1190. The van der Waals surface area contributed by atoms with E-state index in [9.17, 15) is 13.2 Å². The molecule has 0 bridgehead atoms. The molecule has 0 aromatic heterocycles. The van der Waals surface area contributed by atoms with Crippen molar-refractivity contribution >= 4 is 38.9 Å². The molecule has 3 aromatic rings. The summed E-state index contributed by atoms with van der Waals surface area (Å²) in [5, 5.41) is 3.04. The topological polar surface area (TPSA) is 75.7 Å². The summed E-state index contributed by atoms with van der Waals surface area (Å²) >= 11 is 6.13. The highest BCUT2D eigenvalue weighted by Gasteiger charge is 2.27. The SMILES string of the molecule is CCc1ccc(N(CC(=O)Nc2ccc(OC)c(Cl)c2)S(=O)(=O)c2ccc(C)cc2)cc1. The van der Waals surface area contributed by atoms with Crippen LogP contribution in [0.2, 0.25) is 5.02 Å². The van der Waals surface area contributed by atoms with Gasteiger partial charge in [0.1, 0.15) is 12.3 Å². The number of sulfonamides is 1. The van der Waals surface area contributed by atoms with Crippen molar-refractivity contribution in [1.82, 2.24) is 0 Å². The number of hydrogen-bond donors (Lipinski definition) is 1. The number of rotatable bonds is 8. The molecule has 3 rings (SSSR count). The number of methoxy groups -OCH3 is 1. The summed E-state index contributed by atoms with van der Waals surface area (Å²) in [5.74, 6) is -0.0225. The van der Waals surface area contributed by atoms with Gasteiger partial charge in [-0.1, -0.05) is 48.4 Å². The van der Waals surface area contributed by atoms with Crippen molar-refractivity contribution < 1.29 is 17.9 Å². The molecule has 0 heterocycles. The zero-order chi connectivity index (χ0) is 23.3. The first-order chi connectivity index (χ1) is 15.2. The zero-order valence-electron chi connectivity index (χ0n) is 18.1. The van der Waals surface area contributed by atoms with Gasteiger partial charge in [-0.15, -0.1) is 0 Å². The smallest absolute Gasteiger partial charge is 0.264 e. The van der Waals surface area contributed by atoms with Gasteiger partial charge in [0.15, 0.2) is 0 Å². The monoisotopic (exact) mass is 472 g/mol. The minimum atomic E-state index is -3.97. The van der Waals surface area contributed by atoms with Crippen molar-refractivity contribution in [2.45, 2.75) is 25.2 Å². The molecule has 0 spiro atoms. The van der Waals surface area contributed by atoms with Gasteiger partial charge >= 0.3 is 0 Å². The Morgan fingerprint density at radius 2 is 1.69 bits per heavy atom. The van der Waals surface area contributed by atoms with Gasteiger partial charge in [0, 0.05) is 5.69 Å². The van der Waals surface area contributed by atoms with Crippen LogP contribution in [0.15, 0.2) is 71.6 Å². The molecule has 3 aromatic carbocycles. The lowest BCUT2D eigenvalue weighted by Crippen LogP contribution is -2.38. The van der Waals surface area contributed by atoms with Crippen LogP contribution in [0.3, 0.4) is 0 Å². The second-order valence-corrected chi connectivity index (χ2v) is 9.51. The van der Waals surface area contributed by atoms with E-state index in [4.69, 9.17) is 16.3 Å². The normalized spacial score (nSPS) is 11.1. The van der Waals surface area contributed by atoms with E-state index in [0.717, 1.165) is 21.9 Å². The number of carbonyl (C=O) groups is 1. The molecule has 1 amide bonds. The van der Waals surface area contributed by atoms with Gasteiger partial charge in [-0.25, -0.2) is 8.42 Å². The summed E-state index contributed by atoms with van der Waals surface area (Å²) in [7, 11) is -2.47. The third kappa shape index (κ3) is 5.41. The fourth-order valence-corrected chi connectivity index (χ4v) is 4.80. The van der Waals surface area contributed by atoms with E-state index in [0.29, 0.717) is 22.1 Å². The Balaban J connectivity index is 1.92. The van der Waals surface area contributed by atoms with Crippen molar-refractivity contribution in [1.29, 1.82) is 0 Å². The maximum absolute atomic E-state index is 13.4. The molecule has 0 radical (unpaired) electrons. The lowest BCUT2D eigenvalue weighted by Gasteiger charge is -2.24. The molecule has 168 valence electrons. The van der Waals surface area contributed by atoms with E-state index in [-0.39, 0.29) is 4.90 Å². The molecule has 0 saturated carbocycles. The number of benzene rings is 3. The van der Waals surface area contributed by atoms with Gasteiger partial charge in [-0.05, 0) is 61.4 Å². The number of nitrogens with zero attached hydrogens (tertiary/aromatic N) is 1. The van der Waals surface area contributed by atoms with Crippen LogP contribution < -0.4 is 14.4 Å². The lowest BCUT2D eigenvalue weighted by molar-refractivity contribution is -0.114. The third-order valence-corrected chi connectivity index (χ3v) is 7.05. The van der Waals surface area contributed by atoms with Crippen molar-refractivity contribution in [2.75, 3.05) is 23.3 Å². The van der Waals surface area contributed by atoms with Gasteiger partial charge in [0.25, 0.3) is 10.0 Å². The fraction of sp³-hybridized carbons (Fsp3) is 0.208. The highest BCUT2D eigenvalue weighted by atomic mass is 35.5.